The van der Waals surface area contributed by atoms with Gasteiger partial charge >= 0.3 is 6.61 Å². The fraction of sp³-hybridized carbons (Fsp3) is 0.211. The van der Waals surface area contributed by atoms with Crippen molar-refractivity contribution >= 4 is 22.5 Å². The molecule has 0 aliphatic heterocycles. The molecule has 152 valence electrons. The quantitative estimate of drug-likeness (QED) is 0.650. The van der Waals surface area contributed by atoms with Gasteiger partial charge in [-0.1, -0.05) is 0 Å². The topological polar surface area (TPSA) is 91.7 Å². The van der Waals surface area contributed by atoms with Crippen molar-refractivity contribution in [2.24, 2.45) is 0 Å². The number of anilines is 1. The number of ether oxygens (including phenoxy) is 3. The first-order valence-corrected chi connectivity index (χ1v) is 8.37. The Bertz CT molecular complexity index is 1080. The summed E-state index contributed by atoms with van der Waals surface area (Å²) in [6, 6.07) is 8.49. The molecule has 0 radical (unpaired) electrons. The van der Waals surface area contributed by atoms with E-state index in [1.807, 2.05) is 0 Å². The maximum atomic E-state index is 12.7. The number of carbonyl (C=O) groups is 1. The lowest BCUT2D eigenvalue weighted by atomic mass is 10.2. The molecule has 8 nitrogen and oxygen atoms in total. The first-order chi connectivity index (χ1) is 13.9. The zero-order valence-corrected chi connectivity index (χ0v) is 15.5. The van der Waals surface area contributed by atoms with Crippen molar-refractivity contribution in [2.75, 3.05) is 19.5 Å². The highest BCUT2D eigenvalue weighted by Gasteiger charge is 2.13. The van der Waals surface area contributed by atoms with Crippen LogP contribution in [0.4, 0.5) is 14.5 Å². The zero-order chi connectivity index (χ0) is 21.0. The number of rotatable bonds is 7. The standard InChI is InChI=1S/C19H17F2N3O5/c1-27-15-7-13-14(8-16(15)28-2)22-10-24(18(13)26)9-17(25)23-11-3-5-12(6-4-11)29-19(20)21/h3-8,10,19H,9H2,1-2H3,(H,23,25). The summed E-state index contributed by atoms with van der Waals surface area (Å²) in [6.45, 7) is -3.22. The van der Waals surface area contributed by atoms with E-state index in [-0.39, 0.29) is 17.7 Å². The van der Waals surface area contributed by atoms with Gasteiger partial charge in [-0.3, -0.25) is 14.2 Å². The van der Waals surface area contributed by atoms with Gasteiger partial charge in [0.1, 0.15) is 12.3 Å². The predicted octanol–water partition coefficient (Wildman–Crippen LogP) is 2.65. The number of methoxy groups -OCH3 is 2. The number of fused-ring (bicyclic) bond motifs is 1. The second-order valence-corrected chi connectivity index (χ2v) is 5.85. The van der Waals surface area contributed by atoms with Crippen LogP contribution in [0.5, 0.6) is 17.2 Å². The summed E-state index contributed by atoms with van der Waals surface area (Å²) in [7, 11) is 2.92. The van der Waals surface area contributed by atoms with Crippen molar-refractivity contribution in [3.05, 3.63) is 53.1 Å². The molecule has 1 heterocycles. The number of halogens is 2. The summed E-state index contributed by atoms with van der Waals surface area (Å²) in [5, 5.41) is 2.84. The van der Waals surface area contributed by atoms with E-state index in [0.29, 0.717) is 22.7 Å². The summed E-state index contributed by atoms with van der Waals surface area (Å²) < 4.78 is 40.1. The lowest BCUT2D eigenvalue weighted by Crippen LogP contribution is -2.28. The molecular formula is C19H17F2N3O5. The normalized spacial score (nSPS) is 10.8. The molecule has 0 fully saturated rings. The monoisotopic (exact) mass is 405 g/mol. The van der Waals surface area contributed by atoms with Gasteiger partial charge in [-0.2, -0.15) is 8.78 Å². The molecule has 0 saturated heterocycles. The first kappa shape index (κ1) is 20.1. The SMILES string of the molecule is COc1cc2ncn(CC(=O)Nc3ccc(OC(F)F)cc3)c(=O)c2cc1OC. The van der Waals surface area contributed by atoms with Crippen LogP contribution in [0.25, 0.3) is 10.9 Å². The van der Waals surface area contributed by atoms with Gasteiger partial charge in [0.25, 0.3) is 5.56 Å². The van der Waals surface area contributed by atoms with Gasteiger partial charge in [0.05, 0.1) is 31.4 Å². The molecular weight excluding hydrogens is 388 g/mol. The molecule has 0 unspecified atom stereocenters. The molecule has 0 aliphatic carbocycles. The minimum atomic E-state index is -2.93. The Hall–Kier alpha value is -3.69. The van der Waals surface area contributed by atoms with Crippen molar-refractivity contribution in [2.45, 2.75) is 13.2 Å². The van der Waals surface area contributed by atoms with Crippen molar-refractivity contribution in [1.29, 1.82) is 0 Å². The number of alkyl halides is 2. The number of amides is 1. The molecule has 10 heteroatoms. The van der Waals surface area contributed by atoms with Crippen LogP contribution in [0.3, 0.4) is 0 Å². The molecule has 1 N–H and O–H groups in total. The van der Waals surface area contributed by atoms with Crippen molar-refractivity contribution in [3.63, 3.8) is 0 Å². The second-order valence-electron chi connectivity index (χ2n) is 5.85. The van der Waals surface area contributed by atoms with Crippen molar-refractivity contribution in [3.8, 4) is 17.2 Å². The maximum Gasteiger partial charge on any atom is 0.387 e. The lowest BCUT2D eigenvalue weighted by Gasteiger charge is -2.11. The van der Waals surface area contributed by atoms with E-state index in [9.17, 15) is 18.4 Å². The summed E-state index contributed by atoms with van der Waals surface area (Å²) in [5.74, 6) is 0.280. The van der Waals surface area contributed by atoms with Gasteiger partial charge in [0.2, 0.25) is 5.91 Å². The maximum absolute atomic E-state index is 12.7. The van der Waals surface area contributed by atoms with Crippen LogP contribution in [-0.2, 0) is 11.3 Å². The Kier molecular flexibility index (Phi) is 5.91. The van der Waals surface area contributed by atoms with Crippen LogP contribution in [0, 0.1) is 0 Å². The average Bonchev–Trinajstić information content (AvgIpc) is 2.70. The highest BCUT2D eigenvalue weighted by Crippen LogP contribution is 2.29. The molecule has 1 amide bonds. The Labute approximate surface area is 163 Å². The fourth-order valence-corrected chi connectivity index (χ4v) is 2.67. The number of hydrogen-bond donors (Lipinski definition) is 1. The Morgan fingerprint density at radius 3 is 2.41 bits per heavy atom. The molecule has 3 rings (SSSR count). The third kappa shape index (κ3) is 4.60. The number of aromatic nitrogens is 2. The number of carbonyl (C=O) groups excluding carboxylic acids is 1. The molecule has 0 atom stereocenters. The average molecular weight is 405 g/mol. The molecule has 2 aromatic carbocycles. The number of nitrogens with one attached hydrogen (secondary N) is 1. The third-order valence-corrected chi connectivity index (χ3v) is 4.01. The molecule has 0 saturated carbocycles. The van der Waals surface area contributed by atoms with E-state index in [1.165, 1.54) is 50.9 Å². The Morgan fingerprint density at radius 1 is 1.14 bits per heavy atom. The fourth-order valence-electron chi connectivity index (χ4n) is 2.67. The number of benzene rings is 2. The highest BCUT2D eigenvalue weighted by atomic mass is 19.3. The zero-order valence-electron chi connectivity index (χ0n) is 15.5. The van der Waals surface area contributed by atoms with Crippen LogP contribution in [-0.4, -0.2) is 36.3 Å². The van der Waals surface area contributed by atoms with Gasteiger partial charge < -0.3 is 19.5 Å². The molecule has 1 aromatic heterocycles. The van der Waals surface area contributed by atoms with Crippen LogP contribution in [0.2, 0.25) is 0 Å². The summed E-state index contributed by atoms with van der Waals surface area (Å²) in [6.07, 6.45) is 1.26. The van der Waals surface area contributed by atoms with Gasteiger partial charge in [-0.15, -0.1) is 0 Å². The van der Waals surface area contributed by atoms with E-state index in [4.69, 9.17) is 9.47 Å². The largest absolute Gasteiger partial charge is 0.493 e. The van der Waals surface area contributed by atoms with E-state index >= 15 is 0 Å². The molecule has 0 aliphatic rings. The molecule has 29 heavy (non-hydrogen) atoms. The minimum Gasteiger partial charge on any atom is -0.493 e. The van der Waals surface area contributed by atoms with Gasteiger partial charge in [0.15, 0.2) is 11.5 Å². The Balaban J connectivity index is 1.78. The van der Waals surface area contributed by atoms with Gasteiger partial charge in [0, 0.05) is 11.8 Å². The third-order valence-electron chi connectivity index (χ3n) is 4.01. The van der Waals surface area contributed by atoms with E-state index < -0.39 is 18.1 Å². The minimum absolute atomic E-state index is 0.0303. The Morgan fingerprint density at radius 2 is 1.79 bits per heavy atom. The van der Waals surface area contributed by atoms with E-state index in [2.05, 4.69) is 15.0 Å². The van der Waals surface area contributed by atoms with Gasteiger partial charge in [-0.05, 0) is 30.3 Å². The summed E-state index contributed by atoms with van der Waals surface area (Å²) >= 11 is 0. The van der Waals surface area contributed by atoms with E-state index in [1.54, 1.807) is 6.07 Å². The summed E-state index contributed by atoms with van der Waals surface area (Å²) in [5.41, 5.74) is 0.343. The van der Waals surface area contributed by atoms with Crippen LogP contribution in [0.1, 0.15) is 0 Å². The van der Waals surface area contributed by atoms with Crippen LogP contribution in [0.15, 0.2) is 47.5 Å². The number of nitrogens with zero attached hydrogens (tertiary/aromatic N) is 2. The lowest BCUT2D eigenvalue weighted by molar-refractivity contribution is -0.116. The highest BCUT2D eigenvalue weighted by molar-refractivity contribution is 5.91. The predicted molar refractivity (Wildman–Crippen MR) is 101 cm³/mol. The number of hydrogen-bond acceptors (Lipinski definition) is 6. The molecule has 3 aromatic rings. The second kappa shape index (κ2) is 8.55. The molecule has 0 spiro atoms. The van der Waals surface area contributed by atoms with Gasteiger partial charge in [-0.25, -0.2) is 4.98 Å². The van der Waals surface area contributed by atoms with E-state index in [0.717, 1.165) is 4.57 Å². The summed E-state index contributed by atoms with van der Waals surface area (Å²) in [4.78, 5) is 29.1. The van der Waals surface area contributed by atoms with Crippen LogP contribution < -0.4 is 25.1 Å². The smallest absolute Gasteiger partial charge is 0.387 e. The first-order valence-electron chi connectivity index (χ1n) is 8.37. The van der Waals surface area contributed by atoms with Crippen molar-refractivity contribution < 1.29 is 27.8 Å². The van der Waals surface area contributed by atoms with Crippen molar-refractivity contribution in [1.82, 2.24) is 9.55 Å². The molecule has 0 bridgehead atoms. The van der Waals surface area contributed by atoms with Crippen LogP contribution >= 0.6 is 0 Å².